The molecule has 2 aliphatic heterocycles. The van der Waals surface area contributed by atoms with E-state index >= 15 is 0 Å². The molecule has 0 radical (unpaired) electrons. The van der Waals surface area contributed by atoms with Crippen LogP contribution in [0.4, 0.5) is 0 Å². The number of hydrogen-bond acceptors (Lipinski definition) is 3. The van der Waals surface area contributed by atoms with E-state index in [0.717, 1.165) is 19.6 Å². The fourth-order valence-electron chi connectivity index (χ4n) is 1.80. The maximum absolute atomic E-state index is 5.28. The van der Waals surface area contributed by atoms with Gasteiger partial charge in [-0.1, -0.05) is 27.7 Å². The number of rotatable bonds is 1. The van der Waals surface area contributed by atoms with Crippen LogP contribution in [0.15, 0.2) is 0 Å². The van der Waals surface area contributed by atoms with Crippen molar-refractivity contribution in [3.05, 3.63) is 0 Å². The lowest BCUT2D eigenvalue weighted by molar-refractivity contribution is -0.145. The first-order valence-corrected chi connectivity index (χ1v) is 8.09. The first-order valence-electron chi connectivity index (χ1n) is 8.09. The molecule has 0 unspecified atom stereocenters. The van der Waals surface area contributed by atoms with E-state index in [2.05, 4.69) is 6.92 Å². The summed E-state index contributed by atoms with van der Waals surface area (Å²) in [5.41, 5.74) is 0. The molecule has 3 nitrogen and oxygen atoms in total. The second-order valence-corrected chi connectivity index (χ2v) is 4.21. The van der Waals surface area contributed by atoms with Gasteiger partial charge in [0.05, 0.1) is 6.10 Å². The van der Waals surface area contributed by atoms with E-state index < -0.39 is 0 Å². The van der Waals surface area contributed by atoms with E-state index in [1.54, 1.807) is 7.11 Å². The van der Waals surface area contributed by atoms with Gasteiger partial charge in [-0.2, -0.15) is 0 Å². The smallest absolute Gasteiger partial charge is 0.157 e. The van der Waals surface area contributed by atoms with Crippen LogP contribution in [0.2, 0.25) is 0 Å². The van der Waals surface area contributed by atoms with Crippen molar-refractivity contribution in [3.63, 3.8) is 0 Å². The van der Waals surface area contributed by atoms with Gasteiger partial charge in [-0.05, 0) is 45.4 Å². The van der Waals surface area contributed by atoms with E-state index in [1.165, 1.54) is 32.1 Å². The quantitative estimate of drug-likeness (QED) is 0.689. The normalized spacial score (nSPS) is 25.6. The van der Waals surface area contributed by atoms with E-state index in [9.17, 15) is 0 Å². The summed E-state index contributed by atoms with van der Waals surface area (Å²) >= 11 is 0. The second kappa shape index (κ2) is 17.9. The molecule has 0 aromatic carbocycles. The molecular weight excluding hydrogens is 240 g/mol. The predicted molar refractivity (Wildman–Crippen MR) is 82.6 cm³/mol. The summed E-state index contributed by atoms with van der Waals surface area (Å²) in [6.07, 6.45) is 8.03. The average Bonchev–Trinajstić information content (AvgIpc) is 2.53. The molecule has 3 heteroatoms. The fourth-order valence-corrected chi connectivity index (χ4v) is 1.80. The van der Waals surface area contributed by atoms with Gasteiger partial charge in [0, 0.05) is 20.3 Å². The molecule has 19 heavy (non-hydrogen) atoms. The monoisotopic (exact) mass is 276 g/mol. The van der Waals surface area contributed by atoms with Crippen LogP contribution in [0.25, 0.3) is 0 Å². The van der Waals surface area contributed by atoms with Gasteiger partial charge in [0.1, 0.15) is 0 Å². The van der Waals surface area contributed by atoms with E-state index in [1.807, 2.05) is 27.7 Å². The molecule has 118 valence electrons. The van der Waals surface area contributed by atoms with E-state index in [4.69, 9.17) is 14.2 Å². The molecule has 2 fully saturated rings. The summed E-state index contributed by atoms with van der Waals surface area (Å²) in [5.74, 6) is 0. The molecule has 0 spiro atoms. The third-order valence-corrected chi connectivity index (χ3v) is 2.81. The van der Waals surface area contributed by atoms with Crippen molar-refractivity contribution < 1.29 is 14.2 Å². The minimum absolute atomic E-state index is 0.0868. The Labute approximate surface area is 121 Å². The van der Waals surface area contributed by atoms with Crippen molar-refractivity contribution in [2.45, 2.75) is 85.5 Å². The highest BCUT2D eigenvalue weighted by Crippen LogP contribution is 2.12. The summed E-state index contributed by atoms with van der Waals surface area (Å²) in [6, 6.07) is 0. The summed E-state index contributed by atoms with van der Waals surface area (Å²) in [6.45, 7) is 12.0. The van der Waals surface area contributed by atoms with Crippen LogP contribution in [-0.4, -0.2) is 32.7 Å². The predicted octanol–water partition coefficient (Wildman–Crippen LogP) is 4.79. The van der Waals surface area contributed by atoms with Crippen molar-refractivity contribution in [2.24, 2.45) is 0 Å². The minimum Gasteiger partial charge on any atom is -0.379 e. The van der Waals surface area contributed by atoms with Crippen molar-refractivity contribution in [1.82, 2.24) is 0 Å². The van der Waals surface area contributed by atoms with E-state index in [0.29, 0.717) is 6.10 Å². The van der Waals surface area contributed by atoms with Gasteiger partial charge < -0.3 is 14.2 Å². The lowest BCUT2D eigenvalue weighted by Crippen LogP contribution is -2.20. The molecule has 0 bridgehead atoms. The third kappa shape index (κ3) is 14.1. The zero-order valence-corrected chi connectivity index (χ0v) is 14.0. The molecule has 0 aromatic heterocycles. The largest absolute Gasteiger partial charge is 0.379 e. The summed E-state index contributed by atoms with van der Waals surface area (Å²) in [5, 5.41) is 0. The molecule has 0 saturated carbocycles. The molecule has 2 atom stereocenters. The lowest BCUT2D eigenvalue weighted by Gasteiger charge is -2.20. The van der Waals surface area contributed by atoms with Crippen molar-refractivity contribution in [3.8, 4) is 0 Å². The Bertz CT molecular complexity index is 139. The summed E-state index contributed by atoms with van der Waals surface area (Å²) in [7, 11) is 1.69. The Morgan fingerprint density at radius 2 is 1.32 bits per heavy atom. The fraction of sp³-hybridized carbons (Fsp3) is 1.00. The average molecular weight is 276 g/mol. The van der Waals surface area contributed by atoms with Gasteiger partial charge in [0.2, 0.25) is 0 Å². The van der Waals surface area contributed by atoms with Crippen LogP contribution >= 0.6 is 0 Å². The Hall–Kier alpha value is -0.120. The Balaban J connectivity index is 0. The van der Waals surface area contributed by atoms with Gasteiger partial charge in [-0.3, -0.25) is 0 Å². The highest BCUT2D eigenvalue weighted by atomic mass is 16.7. The molecule has 2 heterocycles. The van der Waals surface area contributed by atoms with Gasteiger partial charge in [-0.15, -0.1) is 0 Å². The molecular formula is C16H36O3. The summed E-state index contributed by atoms with van der Waals surface area (Å²) < 4.78 is 15.5. The highest BCUT2D eigenvalue weighted by molar-refractivity contribution is 4.55. The third-order valence-electron chi connectivity index (χ3n) is 2.81. The Kier molecular flexibility index (Phi) is 19.9. The van der Waals surface area contributed by atoms with Crippen LogP contribution in [0.1, 0.15) is 73.1 Å². The van der Waals surface area contributed by atoms with Gasteiger partial charge in [0.25, 0.3) is 0 Å². The van der Waals surface area contributed by atoms with Crippen LogP contribution in [0.5, 0.6) is 0 Å². The Morgan fingerprint density at radius 1 is 0.789 bits per heavy atom. The standard InChI is InChI=1S/C6H12O2.C6H12O.2C2H6/c1-7-6-4-2-3-5-8-6;1-6-4-2-3-5-7-6;2*1-2/h6H,2-5H2,1H3;6H,2-5H2,1H3;2*1-2H3/t2*6-;;/m10../s1. The lowest BCUT2D eigenvalue weighted by atomic mass is 10.1. The van der Waals surface area contributed by atoms with Crippen LogP contribution in [0, 0.1) is 0 Å². The van der Waals surface area contributed by atoms with Gasteiger partial charge in [0.15, 0.2) is 6.29 Å². The molecule has 0 aromatic rings. The molecule has 0 aliphatic carbocycles. The van der Waals surface area contributed by atoms with Gasteiger partial charge >= 0.3 is 0 Å². The van der Waals surface area contributed by atoms with Crippen LogP contribution in [0.3, 0.4) is 0 Å². The van der Waals surface area contributed by atoms with Crippen molar-refractivity contribution in [2.75, 3.05) is 20.3 Å². The minimum atomic E-state index is 0.0868. The zero-order chi connectivity index (χ0) is 14.9. The van der Waals surface area contributed by atoms with E-state index in [-0.39, 0.29) is 6.29 Å². The van der Waals surface area contributed by atoms with Crippen LogP contribution in [-0.2, 0) is 14.2 Å². The molecule has 2 saturated heterocycles. The van der Waals surface area contributed by atoms with Crippen molar-refractivity contribution in [1.29, 1.82) is 0 Å². The molecule has 2 rings (SSSR count). The molecule has 0 N–H and O–H groups in total. The maximum atomic E-state index is 5.28. The maximum Gasteiger partial charge on any atom is 0.157 e. The number of hydrogen-bond donors (Lipinski definition) is 0. The highest BCUT2D eigenvalue weighted by Gasteiger charge is 2.10. The SMILES string of the molecule is CC.CC.CO[C@H]1CCCCO1.C[C@H]1CCCCO1. The first-order chi connectivity index (χ1) is 9.33. The molecule has 0 amide bonds. The van der Waals surface area contributed by atoms with Gasteiger partial charge in [-0.25, -0.2) is 0 Å². The molecule has 2 aliphatic rings. The number of ether oxygens (including phenoxy) is 3. The zero-order valence-electron chi connectivity index (χ0n) is 14.0. The van der Waals surface area contributed by atoms with Crippen LogP contribution < -0.4 is 0 Å². The van der Waals surface area contributed by atoms with Crippen molar-refractivity contribution >= 4 is 0 Å². The second-order valence-electron chi connectivity index (χ2n) is 4.21. The number of methoxy groups -OCH3 is 1. The topological polar surface area (TPSA) is 27.7 Å². The first kappa shape index (κ1) is 21.2. The Morgan fingerprint density at radius 3 is 1.53 bits per heavy atom. The summed E-state index contributed by atoms with van der Waals surface area (Å²) in [4.78, 5) is 0.